The summed E-state index contributed by atoms with van der Waals surface area (Å²) >= 11 is 0. The Morgan fingerprint density at radius 2 is 2.05 bits per heavy atom. The van der Waals surface area contributed by atoms with E-state index in [1.807, 2.05) is 31.0 Å². The topological polar surface area (TPSA) is 38.8 Å². The van der Waals surface area contributed by atoms with Gasteiger partial charge >= 0.3 is 5.97 Å². The molecule has 0 heterocycles. The Morgan fingerprint density at radius 3 is 2.63 bits per heavy atom. The van der Waals surface area contributed by atoms with E-state index in [2.05, 4.69) is 13.0 Å². The van der Waals surface area contributed by atoms with Crippen LogP contribution in [0.1, 0.15) is 25.0 Å². The van der Waals surface area contributed by atoms with Gasteiger partial charge in [0.1, 0.15) is 5.75 Å². The highest BCUT2D eigenvalue weighted by Crippen LogP contribution is 2.20. The summed E-state index contributed by atoms with van der Waals surface area (Å²) in [5.41, 5.74) is 2.36. The Balaban J connectivity index is 2.64. The van der Waals surface area contributed by atoms with E-state index < -0.39 is 0 Å². The lowest BCUT2D eigenvalue weighted by Crippen LogP contribution is -2.27. The van der Waals surface area contributed by atoms with Gasteiger partial charge in [0.2, 0.25) is 0 Å². The normalized spacial score (nSPS) is 10.6. The van der Waals surface area contributed by atoms with E-state index in [0.29, 0.717) is 13.2 Å². The maximum atomic E-state index is 11.4. The van der Waals surface area contributed by atoms with Gasteiger partial charge in [-0.1, -0.05) is 19.1 Å². The van der Waals surface area contributed by atoms with E-state index in [4.69, 9.17) is 9.47 Å². The van der Waals surface area contributed by atoms with Gasteiger partial charge in [0, 0.05) is 6.54 Å². The van der Waals surface area contributed by atoms with E-state index in [-0.39, 0.29) is 5.97 Å². The van der Waals surface area contributed by atoms with Crippen molar-refractivity contribution in [2.75, 3.05) is 27.3 Å². The Morgan fingerprint density at radius 1 is 1.32 bits per heavy atom. The molecule has 0 aliphatic carbocycles. The van der Waals surface area contributed by atoms with Gasteiger partial charge in [0.05, 0.1) is 20.3 Å². The summed E-state index contributed by atoms with van der Waals surface area (Å²) in [5, 5.41) is 0. The molecule has 0 N–H and O–H groups in total. The number of likely N-dealkylation sites (N-methyl/N-ethyl adjacent to an activating group) is 1. The highest BCUT2D eigenvalue weighted by Gasteiger charge is 2.09. The number of ether oxygens (including phenoxy) is 2. The number of esters is 1. The summed E-state index contributed by atoms with van der Waals surface area (Å²) < 4.78 is 10.2. The van der Waals surface area contributed by atoms with Crippen LogP contribution < -0.4 is 4.74 Å². The number of aryl methyl sites for hydroxylation is 1. The number of hydrogen-bond acceptors (Lipinski definition) is 4. The first-order chi connectivity index (χ1) is 9.10. The van der Waals surface area contributed by atoms with Crippen LogP contribution in [0, 0.1) is 0 Å². The fraction of sp³-hybridized carbons (Fsp3) is 0.533. The zero-order chi connectivity index (χ0) is 14.3. The third kappa shape index (κ3) is 4.91. The molecule has 0 saturated carbocycles. The van der Waals surface area contributed by atoms with Crippen LogP contribution >= 0.6 is 0 Å². The van der Waals surface area contributed by atoms with Crippen LogP contribution in [0.4, 0.5) is 0 Å². The zero-order valence-corrected chi connectivity index (χ0v) is 12.2. The number of nitrogens with zero attached hydrogens (tertiary/aromatic N) is 1. The average Bonchev–Trinajstić information content (AvgIpc) is 2.38. The third-order valence-corrected chi connectivity index (χ3v) is 2.88. The van der Waals surface area contributed by atoms with Gasteiger partial charge in [-0.05, 0) is 37.6 Å². The minimum Gasteiger partial charge on any atom is -0.496 e. The summed E-state index contributed by atoms with van der Waals surface area (Å²) in [5.74, 6) is 0.730. The lowest BCUT2D eigenvalue weighted by Gasteiger charge is -2.17. The van der Waals surface area contributed by atoms with Crippen LogP contribution in [0.3, 0.4) is 0 Å². The molecule has 0 aromatic heterocycles. The molecule has 0 amide bonds. The van der Waals surface area contributed by atoms with Crippen molar-refractivity contribution in [3.05, 3.63) is 29.3 Å². The molecular formula is C15H23NO3. The molecule has 1 rings (SSSR count). The molecule has 19 heavy (non-hydrogen) atoms. The van der Waals surface area contributed by atoms with Crippen LogP contribution in [0.25, 0.3) is 0 Å². The fourth-order valence-corrected chi connectivity index (χ4v) is 2.00. The molecule has 0 bridgehead atoms. The molecule has 1 aromatic carbocycles. The average molecular weight is 265 g/mol. The SMILES string of the molecule is CCOC(=O)CN(C)Cc1ccc(OC)c(CC)c1. The van der Waals surface area contributed by atoms with Crippen LogP contribution in [-0.4, -0.2) is 38.2 Å². The van der Waals surface area contributed by atoms with Crippen LogP contribution in [0.15, 0.2) is 18.2 Å². The summed E-state index contributed by atoms with van der Waals surface area (Å²) in [7, 11) is 3.59. The van der Waals surface area contributed by atoms with Gasteiger partial charge in [0.15, 0.2) is 0 Å². The maximum absolute atomic E-state index is 11.4. The van der Waals surface area contributed by atoms with Gasteiger partial charge in [-0.2, -0.15) is 0 Å². The third-order valence-electron chi connectivity index (χ3n) is 2.88. The first-order valence-electron chi connectivity index (χ1n) is 6.60. The second-order valence-electron chi connectivity index (χ2n) is 4.48. The standard InChI is InChI=1S/C15H23NO3/c1-5-13-9-12(7-8-14(13)18-4)10-16(3)11-15(17)19-6-2/h7-9H,5-6,10-11H2,1-4H3. The van der Waals surface area contributed by atoms with Crippen molar-refractivity contribution < 1.29 is 14.3 Å². The Labute approximate surface area is 115 Å². The summed E-state index contributed by atoms with van der Waals surface area (Å²) in [6.45, 7) is 5.37. The highest BCUT2D eigenvalue weighted by atomic mass is 16.5. The summed E-state index contributed by atoms with van der Waals surface area (Å²) in [4.78, 5) is 13.3. The lowest BCUT2D eigenvalue weighted by molar-refractivity contribution is -0.144. The fourth-order valence-electron chi connectivity index (χ4n) is 2.00. The van der Waals surface area contributed by atoms with Crippen LogP contribution in [0.2, 0.25) is 0 Å². The van der Waals surface area contributed by atoms with Crippen molar-refractivity contribution in [3.8, 4) is 5.75 Å². The van der Waals surface area contributed by atoms with E-state index in [9.17, 15) is 4.79 Å². The predicted octanol–water partition coefficient (Wildman–Crippen LogP) is 2.25. The molecule has 0 radical (unpaired) electrons. The first kappa shape index (κ1) is 15.5. The summed E-state index contributed by atoms with van der Waals surface area (Å²) in [6, 6.07) is 6.13. The minimum absolute atomic E-state index is 0.186. The van der Waals surface area contributed by atoms with Gasteiger partial charge in [-0.25, -0.2) is 0 Å². The van der Waals surface area contributed by atoms with Crippen LogP contribution in [-0.2, 0) is 22.5 Å². The van der Waals surface area contributed by atoms with Crippen molar-refractivity contribution >= 4 is 5.97 Å². The van der Waals surface area contributed by atoms with Gasteiger partial charge in [-0.3, -0.25) is 9.69 Å². The van der Waals surface area contributed by atoms with Crippen molar-refractivity contribution in [1.82, 2.24) is 4.90 Å². The molecule has 0 spiro atoms. The van der Waals surface area contributed by atoms with Crippen molar-refractivity contribution in [3.63, 3.8) is 0 Å². The van der Waals surface area contributed by atoms with Crippen molar-refractivity contribution in [2.45, 2.75) is 26.8 Å². The van der Waals surface area contributed by atoms with Gasteiger partial charge < -0.3 is 9.47 Å². The number of hydrogen-bond donors (Lipinski definition) is 0. The van der Waals surface area contributed by atoms with E-state index >= 15 is 0 Å². The molecule has 0 unspecified atom stereocenters. The number of benzene rings is 1. The van der Waals surface area contributed by atoms with Crippen molar-refractivity contribution in [1.29, 1.82) is 0 Å². The number of rotatable bonds is 7. The van der Waals surface area contributed by atoms with E-state index in [1.54, 1.807) is 7.11 Å². The molecule has 0 atom stereocenters. The molecule has 0 saturated heterocycles. The van der Waals surface area contributed by atoms with Gasteiger partial charge in [0.25, 0.3) is 0 Å². The largest absolute Gasteiger partial charge is 0.496 e. The second kappa shape index (κ2) is 7.79. The van der Waals surface area contributed by atoms with E-state index in [0.717, 1.165) is 18.7 Å². The monoisotopic (exact) mass is 265 g/mol. The minimum atomic E-state index is -0.186. The first-order valence-corrected chi connectivity index (χ1v) is 6.60. The zero-order valence-electron chi connectivity index (χ0n) is 12.2. The summed E-state index contributed by atoms with van der Waals surface area (Å²) in [6.07, 6.45) is 0.929. The molecule has 0 fully saturated rings. The quantitative estimate of drug-likeness (QED) is 0.709. The smallest absolute Gasteiger partial charge is 0.320 e. The number of carbonyl (C=O) groups excluding carboxylic acids is 1. The molecular weight excluding hydrogens is 242 g/mol. The van der Waals surface area contributed by atoms with Crippen molar-refractivity contribution in [2.24, 2.45) is 0 Å². The second-order valence-corrected chi connectivity index (χ2v) is 4.48. The number of carbonyl (C=O) groups is 1. The molecule has 4 heteroatoms. The Kier molecular flexibility index (Phi) is 6.36. The molecule has 1 aromatic rings. The lowest BCUT2D eigenvalue weighted by atomic mass is 10.1. The molecule has 0 aliphatic heterocycles. The highest BCUT2D eigenvalue weighted by molar-refractivity contribution is 5.71. The Hall–Kier alpha value is -1.55. The van der Waals surface area contributed by atoms with E-state index in [1.165, 1.54) is 11.1 Å². The Bertz CT molecular complexity index is 418. The molecule has 106 valence electrons. The molecule has 0 aliphatic rings. The molecule has 4 nitrogen and oxygen atoms in total. The maximum Gasteiger partial charge on any atom is 0.320 e. The predicted molar refractivity (Wildman–Crippen MR) is 75.3 cm³/mol. The van der Waals surface area contributed by atoms with Crippen LogP contribution in [0.5, 0.6) is 5.75 Å². The number of methoxy groups -OCH3 is 1. The van der Waals surface area contributed by atoms with Gasteiger partial charge in [-0.15, -0.1) is 0 Å².